The fourth-order valence-electron chi connectivity index (χ4n) is 2.92. The van der Waals surface area contributed by atoms with E-state index in [1.165, 1.54) is 18.2 Å². The number of aromatic nitrogens is 1. The molecule has 0 saturated carbocycles. The van der Waals surface area contributed by atoms with E-state index in [2.05, 4.69) is 10.3 Å². The van der Waals surface area contributed by atoms with E-state index < -0.39 is 5.82 Å². The lowest BCUT2D eigenvalue weighted by atomic mass is 10.0. The number of likely N-dealkylation sites (tertiary alicyclic amines) is 1. The maximum absolute atomic E-state index is 13.8. The molecule has 0 atom stereocenters. The Morgan fingerprint density at radius 1 is 1.12 bits per heavy atom. The molecule has 1 aromatic carbocycles. The highest BCUT2D eigenvalue weighted by atomic mass is 19.1. The number of rotatable bonds is 4. The second kappa shape index (κ2) is 8.38. The lowest BCUT2D eigenvalue weighted by molar-refractivity contribution is -0.117. The normalized spacial score (nSPS) is 15.2. The first-order valence-electron chi connectivity index (χ1n) is 8.57. The molecule has 1 N–H and O–H groups in total. The number of pyridine rings is 1. The van der Waals surface area contributed by atoms with Gasteiger partial charge in [0.15, 0.2) is 0 Å². The van der Waals surface area contributed by atoms with Crippen molar-refractivity contribution in [3.63, 3.8) is 0 Å². The van der Waals surface area contributed by atoms with Crippen LogP contribution in [0.4, 0.5) is 4.39 Å². The molecule has 0 spiro atoms. The molecule has 26 heavy (non-hydrogen) atoms. The van der Waals surface area contributed by atoms with Crippen LogP contribution in [0.5, 0.6) is 0 Å². The van der Waals surface area contributed by atoms with E-state index in [-0.39, 0.29) is 23.4 Å². The second-order valence-corrected chi connectivity index (χ2v) is 6.14. The lowest BCUT2D eigenvalue weighted by Crippen LogP contribution is -2.46. The summed E-state index contributed by atoms with van der Waals surface area (Å²) in [6, 6.07) is 11.5. The summed E-state index contributed by atoms with van der Waals surface area (Å²) in [4.78, 5) is 30.2. The number of carbonyl (C=O) groups is 2. The summed E-state index contributed by atoms with van der Waals surface area (Å²) in [5.74, 6) is -0.995. The van der Waals surface area contributed by atoms with Crippen molar-refractivity contribution in [1.29, 1.82) is 0 Å². The van der Waals surface area contributed by atoms with Gasteiger partial charge in [0, 0.05) is 31.4 Å². The fraction of sp³-hybridized carbons (Fsp3) is 0.250. The summed E-state index contributed by atoms with van der Waals surface area (Å²) in [5, 5.41) is 2.93. The Morgan fingerprint density at radius 3 is 2.54 bits per heavy atom. The van der Waals surface area contributed by atoms with Gasteiger partial charge in [0.2, 0.25) is 5.91 Å². The molecule has 1 aromatic heterocycles. The van der Waals surface area contributed by atoms with Gasteiger partial charge in [-0.15, -0.1) is 0 Å². The number of halogens is 1. The first-order valence-corrected chi connectivity index (χ1v) is 8.57. The molecule has 1 fully saturated rings. The van der Waals surface area contributed by atoms with Crippen LogP contribution < -0.4 is 5.32 Å². The minimum absolute atomic E-state index is 0.000512. The highest BCUT2D eigenvalue weighted by Gasteiger charge is 2.25. The monoisotopic (exact) mass is 353 g/mol. The lowest BCUT2D eigenvalue weighted by Gasteiger charge is -2.32. The molecule has 5 nitrogen and oxygen atoms in total. The molecule has 2 amide bonds. The molecule has 1 saturated heterocycles. The highest BCUT2D eigenvalue weighted by Crippen LogP contribution is 2.16. The van der Waals surface area contributed by atoms with Crippen LogP contribution in [0, 0.1) is 5.82 Å². The molecular formula is C20H20FN3O2. The molecule has 134 valence electrons. The van der Waals surface area contributed by atoms with Gasteiger partial charge in [-0.05, 0) is 43.2 Å². The van der Waals surface area contributed by atoms with Gasteiger partial charge in [-0.25, -0.2) is 4.39 Å². The molecule has 0 unspecified atom stereocenters. The van der Waals surface area contributed by atoms with Gasteiger partial charge in [0.05, 0.1) is 11.3 Å². The van der Waals surface area contributed by atoms with Gasteiger partial charge < -0.3 is 10.2 Å². The summed E-state index contributed by atoms with van der Waals surface area (Å²) in [6.45, 7) is 0.976. The molecule has 2 heterocycles. The van der Waals surface area contributed by atoms with E-state index in [0.29, 0.717) is 31.6 Å². The maximum Gasteiger partial charge on any atom is 0.256 e. The van der Waals surface area contributed by atoms with E-state index >= 15 is 0 Å². The Bertz CT molecular complexity index is 800. The van der Waals surface area contributed by atoms with Crippen LogP contribution in [0.1, 0.15) is 28.9 Å². The number of benzene rings is 1. The smallest absolute Gasteiger partial charge is 0.256 e. The number of piperidine rings is 1. The zero-order valence-electron chi connectivity index (χ0n) is 14.3. The molecule has 3 rings (SSSR count). The van der Waals surface area contributed by atoms with Crippen LogP contribution in [0.3, 0.4) is 0 Å². The number of hydrogen-bond donors (Lipinski definition) is 1. The van der Waals surface area contributed by atoms with E-state index in [1.54, 1.807) is 29.3 Å². The third-order valence-corrected chi connectivity index (χ3v) is 4.33. The van der Waals surface area contributed by atoms with Crippen molar-refractivity contribution >= 4 is 17.9 Å². The van der Waals surface area contributed by atoms with Crippen molar-refractivity contribution in [3.05, 3.63) is 71.8 Å². The van der Waals surface area contributed by atoms with Crippen LogP contribution in [0.2, 0.25) is 0 Å². The quantitative estimate of drug-likeness (QED) is 0.860. The Hall–Kier alpha value is -3.02. The number of carbonyl (C=O) groups excluding carboxylic acids is 2. The molecule has 0 aliphatic carbocycles. The van der Waals surface area contributed by atoms with Crippen molar-refractivity contribution < 1.29 is 14.0 Å². The van der Waals surface area contributed by atoms with Crippen LogP contribution in [-0.2, 0) is 4.79 Å². The summed E-state index contributed by atoms with van der Waals surface area (Å²) >= 11 is 0. The largest absolute Gasteiger partial charge is 0.350 e. The summed E-state index contributed by atoms with van der Waals surface area (Å²) in [6.07, 6.45) is 6.07. The van der Waals surface area contributed by atoms with E-state index in [1.807, 2.05) is 18.2 Å². The first-order chi connectivity index (χ1) is 12.6. The SMILES string of the molecule is O=C(/C=C/c1ccccn1)NC1CCN(C(=O)c2ccccc2F)CC1. The molecule has 6 heteroatoms. The Balaban J connectivity index is 1.49. The molecule has 2 aromatic rings. The van der Waals surface area contributed by atoms with Crippen LogP contribution in [0.25, 0.3) is 6.08 Å². The van der Waals surface area contributed by atoms with Gasteiger partial charge in [-0.3, -0.25) is 14.6 Å². The molecule has 0 bridgehead atoms. The van der Waals surface area contributed by atoms with Gasteiger partial charge in [0.1, 0.15) is 5.82 Å². The first kappa shape index (κ1) is 17.8. The third-order valence-electron chi connectivity index (χ3n) is 4.33. The van der Waals surface area contributed by atoms with Crippen LogP contribution in [0.15, 0.2) is 54.7 Å². The van der Waals surface area contributed by atoms with Crippen molar-refractivity contribution in [2.75, 3.05) is 13.1 Å². The molecule has 1 aliphatic rings. The van der Waals surface area contributed by atoms with Crippen LogP contribution >= 0.6 is 0 Å². The third kappa shape index (κ3) is 4.53. The van der Waals surface area contributed by atoms with Crippen molar-refractivity contribution in [1.82, 2.24) is 15.2 Å². The van der Waals surface area contributed by atoms with Crippen molar-refractivity contribution in [2.24, 2.45) is 0 Å². The average Bonchev–Trinajstić information content (AvgIpc) is 2.68. The summed E-state index contributed by atoms with van der Waals surface area (Å²) < 4.78 is 13.8. The number of nitrogens with one attached hydrogen (secondary N) is 1. The zero-order valence-corrected chi connectivity index (χ0v) is 14.3. The average molecular weight is 353 g/mol. The van der Waals surface area contributed by atoms with Gasteiger partial charge >= 0.3 is 0 Å². The standard InChI is InChI=1S/C20H20FN3O2/c21-18-7-2-1-6-17(18)20(26)24-13-10-16(11-14-24)23-19(25)9-8-15-5-3-4-12-22-15/h1-9,12,16H,10-11,13-14H2,(H,23,25)/b9-8+. The van der Waals surface area contributed by atoms with Crippen LogP contribution in [-0.4, -0.2) is 40.8 Å². The number of nitrogens with zero attached hydrogens (tertiary/aromatic N) is 2. The van der Waals surface area contributed by atoms with E-state index in [9.17, 15) is 14.0 Å². The minimum atomic E-state index is -0.507. The van der Waals surface area contributed by atoms with E-state index in [0.717, 1.165) is 0 Å². The molecular weight excluding hydrogens is 333 g/mol. The topological polar surface area (TPSA) is 62.3 Å². The predicted octanol–water partition coefficient (Wildman–Crippen LogP) is 2.65. The zero-order chi connectivity index (χ0) is 18.4. The number of amides is 2. The molecule has 0 radical (unpaired) electrons. The Kier molecular flexibility index (Phi) is 5.73. The van der Waals surface area contributed by atoms with Gasteiger partial charge in [-0.2, -0.15) is 0 Å². The van der Waals surface area contributed by atoms with Gasteiger partial charge in [-0.1, -0.05) is 18.2 Å². The maximum atomic E-state index is 13.8. The van der Waals surface area contributed by atoms with Crippen molar-refractivity contribution in [3.8, 4) is 0 Å². The van der Waals surface area contributed by atoms with Crippen molar-refractivity contribution in [2.45, 2.75) is 18.9 Å². The summed E-state index contributed by atoms with van der Waals surface area (Å²) in [5.41, 5.74) is 0.807. The van der Waals surface area contributed by atoms with E-state index in [4.69, 9.17) is 0 Å². The van der Waals surface area contributed by atoms with Gasteiger partial charge in [0.25, 0.3) is 5.91 Å². The number of hydrogen-bond acceptors (Lipinski definition) is 3. The minimum Gasteiger partial charge on any atom is -0.350 e. The summed E-state index contributed by atoms with van der Waals surface area (Å²) in [7, 11) is 0. The predicted molar refractivity (Wildman–Crippen MR) is 96.7 cm³/mol. The molecule has 1 aliphatic heterocycles. The Morgan fingerprint density at radius 2 is 1.85 bits per heavy atom. The highest BCUT2D eigenvalue weighted by molar-refractivity contribution is 5.94. The fourth-order valence-corrected chi connectivity index (χ4v) is 2.92. The second-order valence-electron chi connectivity index (χ2n) is 6.14. The Labute approximate surface area is 151 Å².